The van der Waals surface area contributed by atoms with Crippen LogP contribution in [0.2, 0.25) is 0 Å². The van der Waals surface area contributed by atoms with E-state index in [1.807, 2.05) is 0 Å². The molecule has 9 heteroatoms. The molecule has 0 saturated carbocycles. The van der Waals surface area contributed by atoms with E-state index >= 15 is 0 Å². The topological polar surface area (TPSA) is 156 Å². The molecule has 0 aliphatic carbocycles. The van der Waals surface area contributed by atoms with Crippen LogP contribution in [0.1, 0.15) is 6.92 Å². The van der Waals surface area contributed by atoms with Crippen molar-refractivity contribution in [3.8, 4) is 0 Å². The molecule has 0 aromatic heterocycles. The van der Waals surface area contributed by atoms with E-state index in [0.717, 1.165) is 6.92 Å². The summed E-state index contributed by atoms with van der Waals surface area (Å²) in [7, 11) is -4.64. The molecule has 0 unspecified atom stereocenters. The number of aldehydes is 1. The van der Waals surface area contributed by atoms with E-state index in [1.165, 1.54) is 0 Å². The number of hydrogen-bond acceptors (Lipinski definition) is 5. The summed E-state index contributed by atoms with van der Waals surface area (Å²) in [5.41, 5.74) is -1.82. The van der Waals surface area contributed by atoms with Crippen molar-refractivity contribution >= 4 is 14.1 Å². The molecule has 8 nitrogen and oxygen atoms in total. The monoisotopic (exact) mass is 232 g/mol. The summed E-state index contributed by atoms with van der Waals surface area (Å²) in [4.78, 5) is 31.5. The second kappa shape index (κ2) is 6.20. The fourth-order valence-corrected chi connectivity index (χ4v) is 0.263. The smallest absolute Gasteiger partial charge is 0.394 e. The molecular formula is C5H13O8P. The summed E-state index contributed by atoms with van der Waals surface area (Å²) < 4.78 is 8.88. The van der Waals surface area contributed by atoms with Crippen molar-refractivity contribution in [2.24, 2.45) is 0 Å². The molecular weight excluding hydrogens is 219 g/mol. The molecule has 86 valence electrons. The number of aliphatic hydroxyl groups excluding tert-OH is 2. The van der Waals surface area contributed by atoms with E-state index in [1.54, 1.807) is 0 Å². The molecule has 0 heterocycles. The average molecular weight is 232 g/mol. The van der Waals surface area contributed by atoms with E-state index in [-0.39, 0.29) is 6.29 Å². The van der Waals surface area contributed by atoms with Gasteiger partial charge < -0.3 is 34.8 Å². The van der Waals surface area contributed by atoms with Crippen LogP contribution in [0.25, 0.3) is 0 Å². The summed E-state index contributed by atoms with van der Waals surface area (Å²) >= 11 is 0. The van der Waals surface area contributed by atoms with Gasteiger partial charge in [0.25, 0.3) is 0 Å². The zero-order valence-corrected chi connectivity index (χ0v) is 8.20. The number of phosphoric acid groups is 1. The highest BCUT2D eigenvalue weighted by molar-refractivity contribution is 7.45. The van der Waals surface area contributed by atoms with Gasteiger partial charge in [-0.05, 0) is 6.92 Å². The summed E-state index contributed by atoms with van der Waals surface area (Å²) in [5.74, 6) is 0. The summed E-state index contributed by atoms with van der Waals surface area (Å²) in [5, 5.41) is 25.7. The van der Waals surface area contributed by atoms with Gasteiger partial charge in [-0.3, -0.25) is 0 Å². The number of rotatable bonds is 3. The molecule has 0 saturated heterocycles. The zero-order valence-electron chi connectivity index (χ0n) is 7.31. The van der Waals surface area contributed by atoms with Crippen LogP contribution in [0, 0.1) is 0 Å². The lowest BCUT2D eigenvalue weighted by Crippen LogP contribution is -2.42. The Bertz CT molecular complexity index is 200. The minimum Gasteiger partial charge on any atom is -0.394 e. The first-order chi connectivity index (χ1) is 6.04. The van der Waals surface area contributed by atoms with Crippen LogP contribution in [0.5, 0.6) is 0 Å². The molecule has 0 rings (SSSR count). The lowest BCUT2D eigenvalue weighted by atomic mass is 10.0. The van der Waals surface area contributed by atoms with Gasteiger partial charge in [0.1, 0.15) is 11.7 Å². The minimum atomic E-state index is -4.64. The molecule has 0 fully saturated rings. The van der Waals surface area contributed by atoms with Gasteiger partial charge in [-0.15, -0.1) is 0 Å². The largest absolute Gasteiger partial charge is 0.466 e. The second-order valence-corrected chi connectivity index (χ2v) is 3.58. The molecule has 14 heavy (non-hydrogen) atoms. The molecule has 6 N–H and O–H groups in total. The van der Waals surface area contributed by atoms with Crippen LogP contribution in [0.15, 0.2) is 0 Å². The molecule has 0 amide bonds. The van der Waals surface area contributed by atoms with Gasteiger partial charge >= 0.3 is 7.82 Å². The van der Waals surface area contributed by atoms with Crippen molar-refractivity contribution in [1.29, 1.82) is 0 Å². The third-order valence-corrected chi connectivity index (χ3v) is 1.09. The minimum absolute atomic E-state index is 0.188. The highest BCUT2D eigenvalue weighted by Gasteiger charge is 2.28. The van der Waals surface area contributed by atoms with E-state index in [2.05, 4.69) is 0 Å². The Morgan fingerprint density at radius 1 is 1.43 bits per heavy atom. The van der Waals surface area contributed by atoms with Gasteiger partial charge in [0.2, 0.25) is 0 Å². The highest BCUT2D eigenvalue weighted by atomic mass is 31.2. The summed E-state index contributed by atoms with van der Waals surface area (Å²) in [6.07, 6.45) is -1.21. The number of aliphatic hydroxyl groups is 3. The zero-order chi connectivity index (χ0) is 12.0. The maximum atomic E-state index is 9.91. The van der Waals surface area contributed by atoms with Crippen molar-refractivity contribution in [3.05, 3.63) is 0 Å². The Balaban J connectivity index is 0. The first kappa shape index (κ1) is 16.1. The van der Waals surface area contributed by atoms with E-state index in [4.69, 9.17) is 34.6 Å². The predicted octanol–water partition coefficient (Wildman–Crippen LogP) is -2.64. The molecule has 0 aromatic rings. The summed E-state index contributed by atoms with van der Waals surface area (Å²) in [6, 6.07) is 0. The number of hydrogen-bond donors (Lipinski definition) is 6. The molecule has 0 bridgehead atoms. The second-order valence-electron chi connectivity index (χ2n) is 2.56. The Morgan fingerprint density at radius 2 is 1.71 bits per heavy atom. The fourth-order valence-electron chi connectivity index (χ4n) is 0.263. The van der Waals surface area contributed by atoms with Crippen LogP contribution in [-0.2, 0) is 9.36 Å². The predicted molar refractivity (Wildman–Crippen MR) is 44.0 cm³/mol. The first-order valence-electron chi connectivity index (χ1n) is 3.30. The van der Waals surface area contributed by atoms with E-state index in [0.29, 0.717) is 0 Å². The van der Waals surface area contributed by atoms with E-state index in [9.17, 15) is 4.79 Å². The van der Waals surface area contributed by atoms with Crippen LogP contribution in [-0.4, -0.2) is 54.6 Å². The van der Waals surface area contributed by atoms with Crippen molar-refractivity contribution in [2.75, 3.05) is 6.61 Å². The average Bonchev–Trinajstić information content (AvgIpc) is 2.00. The van der Waals surface area contributed by atoms with Gasteiger partial charge in [-0.1, -0.05) is 0 Å². The van der Waals surface area contributed by atoms with Gasteiger partial charge in [0.05, 0.1) is 6.61 Å². The Hall–Kier alpha value is -0.340. The van der Waals surface area contributed by atoms with Crippen molar-refractivity contribution in [3.63, 3.8) is 0 Å². The fraction of sp³-hybridized carbons (Fsp3) is 0.800. The Morgan fingerprint density at radius 3 is 1.79 bits per heavy atom. The quantitative estimate of drug-likeness (QED) is 0.228. The lowest BCUT2D eigenvalue weighted by molar-refractivity contribution is -0.137. The molecule has 0 aliphatic rings. The van der Waals surface area contributed by atoms with Gasteiger partial charge in [-0.25, -0.2) is 4.57 Å². The Kier molecular flexibility index (Phi) is 7.13. The van der Waals surface area contributed by atoms with Crippen LogP contribution < -0.4 is 0 Å². The molecule has 0 aliphatic heterocycles. The van der Waals surface area contributed by atoms with Crippen LogP contribution in [0.4, 0.5) is 0 Å². The molecule has 0 aromatic carbocycles. The van der Waals surface area contributed by atoms with E-state index < -0.39 is 26.1 Å². The Labute approximate surface area is 79.7 Å². The lowest BCUT2D eigenvalue weighted by Gasteiger charge is -2.20. The standard InChI is InChI=1S/C5H10O4.H3O4P/c1-5(9,3-7)4(8)2-6;1-5(2,3)4/h3-4,6,8-9H,2H2,1H3;(H3,1,2,3,4)/t4-,5+;/m1./s1. The molecule has 2 atom stereocenters. The molecule has 0 spiro atoms. The maximum absolute atomic E-state index is 9.91. The van der Waals surface area contributed by atoms with Crippen molar-refractivity contribution in [2.45, 2.75) is 18.6 Å². The third kappa shape index (κ3) is 11.7. The number of carbonyl (C=O) groups excluding carboxylic acids is 1. The highest BCUT2D eigenvalue weighted by Crippen LogP contribution is 2.25. The van der Waals surface area contributed by atoms with Gasteiger partial charge in [0.15, 0.2) is 6.29 Å². The van der Waals surface area contributed by atoms with Gasteiger partial charge in [0, 0.05) is 0 Å². The summed E-state index contributed by atoms with van der Waals surface area (Å²) in [6.45, 7) is 0.507. The first-order valence-corrected chi connectivity index (χ1v) is 4.87. The van der Waals surface area contributed by atoms with Gasteiger partial charge in [-0.2, -0.15) is 0 Å². The van der Waals surface area contributed by atoms with Crippen LogP contribution in [0.3, 0.4) is 0 Å². The number of carbonyl (C=O) groups is 1. The normalized spacial score (nSPS) is 17.4. The third-order valence-electron chi connectivity index (χ3n) is 1.09. The van der Waals surface area contributed by atoms with Crippen molar-refractivity contribution in [1.82, 2.24) is 0 Å². The van der Waals surface area contributed by atoms with Crippen molar-refractivity contribution < 1.29 is 39.4 Å². The van der Waals surface area contributed by atoms with Crippen LogP contribution >= 0.6 is 7.82 Å². The maximum Gasteiger partial charge on any atom is 0.466 e. The SMILES string of the molecule is C[C@](O)(C=O)[C@H](O)CO.O=P(O)(O)O. The molecule has 0 radical (unpaired) electrons.